The molecule has 0 atom stereocenters. The summed E-state index contributed by atoms with van der Waals surface area (Å²) in [7, 11) is 0. The smallest absolute Gasteiger partial charge is 0.407 e. The summed E-state index contributed by atoms with van der Waals surface area (Å²) < 4.78 is 5.81. The average Bonchev–Trinajstić information content (AvgIpc) is 2.21. The first-order valence-corrected chi connectivity index (χ1v) is 5.67. The molecule has 1 aromatic carbocycles. The molecule has 0 fully saturated rings. The maximum Gasteiger partial charge on any atom is 0.407 e. The molecule has 0 bridgehead atoms. The molecule has 1 aromatic rings. The zero-order chi connectivity index (χ0) is 11.1. The Morgan fingerprint density at radius 3 is 2.87 bits per heavy atom. The van der Waals surface area contributed by atoms with Crippen molar-refractivity contribution in [3.63, 3.8) is 0 Å². The van der Waals surface area contributed by atoms with Crippen molar-refractivity contribution in [2.24, 2.45) is 0 Å². The number of nitrogens with one attached hydrogen (secondary N) is 1. The second-order valence-electron chi connectivity index (χ2n) is 2.99. The first kappa shape index (κ1) is 12.0. The van der Waals surface area contributed by atoms with Crippen LogP contribution in [0, 0.1) is 0 Å². The van der Waals surface area contributed by atoms with Gasteiger partial charge in [-0.05, 0) is 25.0 Å². The van der Waals surface area contributed by atoms with Gasteiger partial charge in [-0.3, -0.25) is 0 Å². The van der Waals surface area contributed by atoms with Crippen molar-refractivity contribution in [3.8, 4) is 0 Å². The fourth-order valence-corrected chi connectivity index (χ4v) is 1.67. The third kappa shape index (κ3) is 4.34. The number of carbonyl (C=O) groups excluding carboxylic acids is 1. The van der Waals surface area contributed by atoms with Gasteiger partial charge >= 0.3 is 6.09 Å². The van der Waals surface area contributed by atoms with E-state index in [-0.39, 0.29) is 6.09 Å². The molecule has 0 saturated carbocycles. The maximum absolute atomic E-state index is 11.0. The van der Waals surface area contributed by atoms with Gasteiger partial charge in [0, 0.05) is 11.0 Å². The Balaban J connectivity index is 2.32. The molecular formula is C11H14BrNO2. The highest BCUT2D eigenvalue weighted by atomic mass is 79.9. The molecule has 4 heteroatoms. The van der Waals surface area contributed by atoms with Crippen molar-refractivity contribution in [2.75, 3.05) is 13.2 Å². The highest BCUT2D eigenvalue weighted by Crippen LogP contribution is 2.15. The summed E-state index contributed by atoms with van der Waals surface area (Å²) in [5, 5.41) is 2.68. The van der Waals surface area contributed by atoms with Crippen molar-refractivity contribution in [1.29, 1.82) is 0 Å². The van der Waals surface area contributed by atoms with Crippen LogP contribution in [0.3, 0.4) is 0 Å². The molecule has 0 radical (unpaired) electrons. The molecule has 0 unspecified atom stereocenters. The van der Waals surface area contributed by atoms with E-state index in [0.717, 1.165) is 10.9 Å². The SMILES string of the molecule is CCOC(=O)NCCc1ccccc1Br. The first-order valence-electron chi connectivity index (χ1n) is 4.88. The van der Waals surface area contributed by atoms with E-state index < -0.39 is 0 Å². The maximum atomic E-state index is 11.0. The highest BCUT2D eigenvalue weighted by molar-refractivity contribution is 9.10. The standard InChI is InChI=1S/C11H14BrNO2/c1-2-15-11(14)13-8-7-9-5-3-4-6-10(9)12/h3-6H,2,7-8H2,1H3,(H,13,14). The largest absolute Gasteiger partial charge is 0.450 e. The summed E-state index contributed by atoms with van der Waals surface area (Å²) >= 11 is 3.45. The molecule has 3 nitrogen and oxygen atoms in total. The predicted octanol–water partition coefficient (Wildman–Crippen LogP) is 2.74. The fraction of sp³-hybridized carbons (Fsp3) is 0.364. The van der Waals surface area contributed by atoms with Gasteiger partial charge in [-0.15, -0.1) is 0 Å². The number of carbonyl (C=O) groups is 1. The zero-order valence-electron chi connectivity index (χ0n) is 8.63. The van der Waals surface area contributed by atoms with Crippen LogP contribution < -0.4 is 5.32 Å². The van der Waals surface area contributed by atoms with E-state index in [1.807, 2.05) is 24.3 Å². The molecule has 0 aliphatic rings. The van der Waals surface area contributed by atoms with Crippen LogP contribution in [0.15, 0.2) is 28.7 Å². The van der Waals surface area contributed by atoms with Gasteiger partial charge in [0.15, 0.2) is 0 Å². The minimum atomic E-state index is -0.357. The topological polar surface area (TPSA) is 38.3 Å². The molecule has 0 aromatic heterocycles. The number of hydrogen-bond acceptors (Lipinski definition) is 2. The second kappa shape index (κ2) is 6.45. The Hall–Kier alpha value is -1.03. The zero-order valence-corrected chi connectivity index (χ0v) is 10.2. The molecule has 82 valence electrons. The minimum Gasteiger partial charge on any atom is -0.450 e. The molecule has 0 heterocycles. The van der Waals surface area contributed by atoms with E-state index in [1.165, 1.54) is 5.56 Å². The van der Waals surface area contributed by atoms with E-state index in [1.54, 1.807) is 6.92 Å². The number of amides is 1. The summed E-state index contributed by atoms with van der Waals surface area (Å²) in [5.41, 5.74) is 1.18. The number of benzene rings is 1. The molecular weight excluding hydrogens is 258 g/mol. The van der Waals surface area contributed by atoms with Gasteiger partial charge in [0.05, 0.1) is 6.61 Å². The molecule has 1 N–H and O–H groups in total. The van der Waals surface area contributed by atoms with Crippen LogP contribution in [0.1, 0.15) is 12.5 Å². The van der Waals surface area contributed by atoms with E-state index in [9.17, 15) is 4.79 Å². The first-order chi connectivity index (χ1) is 7.24. The Bertz CT molecular complexity index is 328. The molecule has 0 aliphatic heterocycles. The lowest BCUT2D eigenvalue weighted by atomic mass is 10.1. The highest BCUT2D eigenvalue weighted by Gasteiger charge is 2.01. The van der Waals surface area contributed by atoms with Gasteiger partial charge in [-0.1, -0.05) is 34.1 Å². The van der Waals surface area contributed by atoms with Gasteiger partial charge in [-0.2, -0.15) is 0 Å². The van der Waals surface area contributed by atoms with Gasteiger partial charge in [-0.25, -0.2) is 4.79 Å². The summed E-state index contributed by atoms with van der Waals surface area (Å²) in [4.78, 5) is 11.0. The van der Waals surface area contributed by atoms with E-state index in [2.05, 4.69) is 21.2 Å². The van der Waals surface area contributed by atoms with Crippen molar-refractivity contribution in [2.45, 2.75) is 13.3 Å². The summed E-state index contributed by atoms with van der Waals surface area (Å²) in [5.74, 6) is 0. The predicted molar refractivity (Wildman–Crippen MR) is 62.9 cm³/mol. The van der Waals surface area contributed by atoms with Crippen LogP contribution >= 0.6 is 15.9 Å². The lowest BCUT2D eigenvalue weighted by Gasteiger charge is -2.06. The Labute approximate surface area is 97.9 Å². The molecule has 15 heavy (non-hydrogen) atoms. The van der Waals surface area contributed by atoms with Crippen LogP contribution in [0.2, 0.25) is 0 Å². The van der Waals surface area contributed by atoms with Crippen molar-refractivity contribution in [3.05, 3.63) is 34.3 Å². The summed E-state index contributed by atoms with van der Waals surface area (Å²) in [6, 6.07) is 7.95. The Kier molecular flexibility index (Phi) is 5.18. The molecule has 0 spiro atoms. The average molecular weight is 272 g/mol. The number of hydrogen-bond donors (Lipinski definition) is 1. The van der Waals surface area contributed by atoms with Crippen LogP contribution in [0.4, 0.5) is 4.79 Å². The van der Waals surface area contributed by atoms with Crippen LogP contribution in [0.25, 0.3) is 0 Å². The van der Waals surface area contributed by atoms with Gasteiger partial charge in [0.25, 0.3) is 0 Å². The molecule has 0 aliphatic carbocycles. The quantitative estimate of drug-likeness (QED) is 0.915. The molecule has 1 rings (SSSR count). The lowest BCUT2D eigenvalue weighted by Crippen LogP contribution is -2.26. The fourth-order valence-electron chi connectivity index (χ4n) is 1.18. The summed E-state index contributed by atoms with van der Waals surface area (Å²) in [6.45, 7) is 2.77. The third-order valence-electron chi connectivity index (χ3n) is 1.90. The molecule has 1 amide bonds. The van der Waals surface area contributed by atoms with Crippen LogP contribution in [-0.4, -0.2) is 19.2 Å². The monoisotopic (exact) mass is 271 g/mol. The minimum absolute atomic E-state index is 0.357. The van der Waals surface area contributed by atoms with Crippen LogP contribution in [0.5, 0.6) is 0 Å². The van der Waals surface area contributed by atoms with E-state index >= 15 is 0 Å². The summed E-state index contributed by atoms with van der Waals surface area (Å²) in [6.07, 6.45) is 0.435. The molecule has 0 saturated heterocycles. The number of halogens is 1. The number of ether oxygens (including phenoxy) is 1. The van der Waals surface area contributed by atoms with Gasteiger partial charge < -0.3 is 10.1 Å². The van der Waals surface area contributed by atoms with Crippen molar-refractivity contribution >= 4 is 22.0 Å². The van der Waals surface area contributed by atoms with Gasteiger partial charge in [0.1, 0.15) is 0 Å². The number of rotatable bonds is 4. The Morgan fingerprint density at radius 1 is 1.47 bits per heavy atom. The van der Waals surface area contributed by atoms with E-state index in [0.29, 0.717) is 13.2 Å². The van der Waals surface area contributed by atoms with Gasteiger partial charge in [0.2, 0.25) is 0 Å². The lowest BCUT2D eigenvalue weighted by molar-refractivity contribution is 0.152. The normalized spacial score (nSPS) is 9.73. The van der Waals surface area contributed by atoms with Crippen LogP contribution in [-0.2, 0) is 11.2 Å². The third-order valence-corrected chi connectivity index (χ3v) is 2.67. The second-order valence-corrected chi connectivity index (χ2v) is 3.84. The Morgan fingerprint density at radius 2 is 2.20 bits per heavy atom. The number of alkyl carbamates (subject to hydrolysis) is 1. The van der Waals surface area contributed by atoms with Crippen molar-refractivity contribution in [1.82, 2.24) is 5.32 Å². The van der Waals surface area contributed by atoms with Crippen molar-refractivity contribution < 1.29 is 9.53 Å². The van der Waals surface area contributed by atoms with E-state index in [4.69, 9.17) is 4.74 Å².